The monoisotopic (exact) mass is 350 g/mol. The summed E-state index contributed by atoms with van der Waals surface area (Å²) in [6, 6.07) is 3.38. The highest BCUT2D eigenvalue weighted by atomic mass is 79.9. The number of halogens is 4. The molecular formula is C13H14BrF3N2O. The van der Waals surface area contributed by atoms with Crippen LogP contribution in [-0.2, 0) is 4.79 Å². The van der Waals surface area contributed by atoms with Gasteiger partial charge in [0.1, 0.15) is 5.82 Å². The standard InChI is InChI=1S/C13H14BrF3N2O/c14-10-5-6-18-11(7-10)19-12(20)8-1-3-9(4-2-8)13(15,16)17/h5-9H,1-4H2,(H,18,19,20). The van der Waals surface area contributed by atoms with Gasteiger partial charge in [-0.3, -0.25) is 4.79 Å². The molecule has 0 atom stereocenters. The molecule has 0 radical (unpaired) electrons. The molecule has 1 aliphatic rings. The number of nitrogens with zero attached hydrogens (tertiary/aromatic N) is 1. The average molecular weight is 351 g/mol. The fourth-order valence-electron chi connectivity index (χ4n) is 2.38. The minimum atomic E-state index is -4.15. The molecule has 1 fully saturated rings. The Bertz CT molecular complexity index is 485. The van der Waals surface area contributed by atoms with Crippen LogP contribution in [0, 0.1) is 11.8 Å². The quantitative estimate of drug-likeness (QED) is 0.870. The molecule has 1 N–H and O–H groups in total. The van der Waals surface area contributed by atoms with Crippen LogP contribution in [0.1, 0.15) is 25.7 Å². The zero-order valence-electron chi connectivity index (χ0n) is 10.6. The van der Waals surface area contributed by atoms with E-state index in [0.29, 0.717) is 5.82 Å². The molecule has 1 amide bonds. The molecule has 0 aromatic carbocycles. The van der Waals surface area contributed by atoms with Crippen molar-refractivity contribution >= 4 is 27.7 Å². The van der Waals surface area contributed by atoms with Crippen molar-refractivity contribution in [1.82, 2.24) is 4.98 Å². The fraction of sp³-hybridized carbons (Fsp3) is 0.538. The van der Waals surface area contributed by atoms with Gasteiger partial charge in [-0.05, 0) is 37.8 Å². The summed E-state index contributed by atoms with van der Waals surface area (Å²) in [5, 5.41) is 2.64. The lowest BCUT2D eigenvalue weighted by atomic mass is 9.81. The number of nitrogens with one attached hydrogen (secondary N) is 1. The molecular weight excluding hydrogens is 337 g/mol. The minimum absolute atomic E-state index is 0.0213. The number of aromatic nitrogens is 1. The number of hydrogen-bond donors (Lipinski definition) is 1. The van der Waals surface area contributed by atoms with Gasteiger partial charge in [0, 0.05) is 16.6 Å². The van der Waals surface area contributed by atoms with Gasteiger partial charge in [-0.25, -0.2) is 4.98 Å². The molecule has 0 saturated heterocycles. The van der Waals surface area contributed by atoms with Gasteiger partial charge in [0.15, 0.2) is 0 Å². The summed E-state index contributed by atoms with van der Waals surface area (Å²) in [5.74, 6) is -1.48. The van der Waals surface area contributed by atoms with E-state index in [0.717, 1.165) is 4.47 Å². The molecule has 110 valence electrons. The van der Waals surface area contributed by atoms with Gasteiger partial charge < -0.3 is 5.32 Å². The molecule has 7 heteroatoms. The Hall–Kier alpha value is -1.11. The Labute approximate surface area is 123 Å². The molecule has 0 unspecified atom stereocenters. The third-order valence-corrected chi connectivity index (χ3v) is 4.03. The largest absolute Gasteiger partial charge is 0.391 e. The third-order valence-electron chi connectivity index (χ3n) is 3.53. The Kier molecular flexibility index (Phi) is 4.67. The summed E-state index contributed by atoms with van der Waals surface area (Å²) in [6.45, 7) is 0. The van der Waals surface area contributed by atoms with E-state index in [1.807, 2.05) is 0 Å². The maximum Gasteiger partial charge on any atom is 0.391 e. The Morgan fingerprint density at radius 2 is 1.95 bits per heavy atom. The van der Waals surface area contributed by atoms with E-state index in [1.54, 1.807) is 18.3 Å². The number of carbonyl (C=O) groups is 1. The molecule has 2 rings (SSSR count). The van der Waals surface area contributed by atoms with Crippen LogP contribution in [0.3, 0.4) is 0 Å². The number of anilines is 1. The van der Waals surface area contributed by atoms with E-state index in [2.05, 4.69) is 26.2 Å². The van der Waals surface area contributed by atoms with Crippen molar-refractivity contribution in [2.45, 2.75) is 31.9 Å². The van der Waals surface area contributed by atoms with Crippen LogP contribution in [0.15, 0.2) is 22.8 Å². The third kappa shape index (κ3) is 3.94. The van der Waals surface area contributed by atoms with Gasteiger partial charge in [-0.2, -0.15) is 13.2 Å². The molecule has 20 heavy (non-hydrogen) atoms. The Morgan fingerprint density at radius 1 is 1.30 bits per heavy atom. The molecule has 0 aliphatic heterocycles. The van der Waals surface area contributed by atoms with Crippen LogP contribution in [0.2, 0.25) is 0 Å². The van der Waals surface area contributed by atoms with Crippen LogP contribution in [0.25, 0.3) is 0 Å². The zero-order valence-corrected chi connectivity index (χ0v) is 12.2. The van der Waals surface area contributed by atoms with Crippen LogP contribution in [0.4, 0.5) is 19.0 Å². The van der Waals surface area contributed by atoms with E-state index in [4.69, 9.17) is 0 Å². The topological polar surface area (TPSA) is 42.0 Å². The molecule has 1 heterocycles. The highest BCUT2D eigenvalue weighted by Crippen LogP contribution is 2.39. The van der Waals surface area contributed by atoms with Crippen molar-refractivity contribution in [3.05, 3.63) is 22.8 Å². The molecule has 3 nitrogen and oxygen atoms in total. The van der Waals surface area contributed by atoms with E-state index in [1.165, 1.54) is 0 Å². The summed E-state index contributed by atoms with van der Waals surface area (Å²) in [7, 11) is 0. The van der Waals surface area contributed by atoms with Crippen molar-refractivity contribution in [1.29, 1.82) is 0 Å². The average Bonchev–Trinajstić information content (AvgIpc) is 2.38. The van der Waals surface area contributed by atoms with E-state index in [-0.39, 0.29) is 37.5 Å². The first-order chi connectivity index (χ1) is 9.36. The number of rotatable bonds is 2. The van der Waals surface area contributed by atoms with E-state index in [9.17, 15) is 18.0 Å². The highest BCUT2D eigenvalue weighted by molar-refractivity contribution is 9.10. The van der Waals surface area contributed by atoms with E-state index >= 15 is 0 Å². The number of alkyl halides is 3. The highest BCUT2D eigenvalue weighted by Gasteiger charge is 2.42. The second-order valence-electron chi connectivity index (χ2n) is 4.94. The van der Waals surface area contributed by atoms with Crippen LogP contribution >= 0.6 is 15.9 Å². The van der Waals surface area contributed by atoms with Gasteiger partial charge in [-0.15, -0.1) is 0 Å². The number of hydrogen-bond acceptors (Lipinski definition) is 2. The number of carbonyl (C=O) groups excluding carboxylic acids is 1. The molecule has 1 saturated carbocycles. The lowest BCUT2D eigenvalue weighted by Gasteiger charge is -2.28. The first kappa shape index (κ1) is 15.3. The predicted molar refractivity (Wildman–Crippen MR) is 72.1 cm³/mol. The van der Waals surface area contributed by atoms with Crippen molar-refractivity contribution in [2.75, 3.05) is 5.32 Å². The SMILES string of the molecule is O=C(Nc1cc(Br)ccn1)C1CCC(C(F)(F)F)CC1. The zero-order chi connectivity index (χ0) is 14.8. The minimum Gasteiger partial charge on any atom is -0.310 e. The Balaban J connectivity index is 1.89. The smallest absolute Gasteiger partial charge is 0.310 e. The lowest BCUT2D eigenvalue weighted by Crippen LogP contribution is -2.32. The molecule has 1 aromatic rings. The van der Waals surface area contributed by atoms with Gasteiger partial charge in [-0.1, -0.05) is 15.9 Å². The van der Waals surface area contributed by atoms with Crippen LogP contribution < -0.4 is 5.32 Å². The number of pyridine rings is 1. The van der Waals surface area contributed by atoms with Crippen molar-refractivity contribution < 1.29 is 18.0 Å². The van der Waals surface area contributed by atoms with Crippen LogP contribution in [0.5, 0.6) is 0 Å². The second-order valence-corrected chi connectivity index (χ2v) is 5.85. The maximum absolute atomic E-state index is 12.5. The summed E-state index contributed by atoms with van der Waals surface area (Å²) in [4.78, 5) is 16.0. The van der Waals surface area contributed by atoms with Crippen molar-refractivity contribution in [2.24, 2.45) is 11.8 Å². The maximum atomic E-state index is 12.5. The molecule has 0 spiro atoms. The fourth-order valence-corrected chi connectivity index (χ4v) is 2.72. The predicted octanol–water partition coefficient (Wildman–Crippen LogP) is 4.15. The van der Waals surface area contributed by atoms with Crippen molar-refractivity contribution in [3.8, 4) is 0 Å². The normalized spacial score (nSPS) is 23.4. The van der Waals surface area contributed by atoms with Crippen molar-refractivity contribution in [3.63, 3.8) is 0 Å². The summed E-state index contributed by atoms with van der Waals surface area (Å²) < 4.78 is 38.4. The molecule has 0 bridgehead atoms. The van der Waals surface area contributed by atoms with Gasteiger partial charge >= 0.3 is 6.18 Å². The summed E-state index contributed by atoms with van der Waals surface area (Å²) in [6.07, 6.45) is -2.03. The molecule has 1 aliphatic carbocycles. The summed E-state index contributed by atoms with van der Waals surface area (Å²) in [5.41, 5.74) is 0. The Morgan fingerprint density at radius 3 is 2.50 bits per heavy atom. The van der Waals surface area contributed by atoms with Crippen LogP contribution in [-0.4, -0.2) is 17.1 Å². The lowest BCUT2D eigenvalue weighted by molar-refractivity contribution is -0.184. The van der Waals surface area contributed by atoms with Gasteiger partial charge in [0.2, 0.25) is 5.91 Å². The second kappa shape index (κ2) is 6.11. The first-order valence-corrected chi connectivity index (χ1v) is 7.14. The van der Waals surface area contributed by atoms with Gasteiger partial charge in [0.25, 0.3) is 0 Å². The summed E-state index contributed by atoms with van der Waals surface area (Å²) >= 11 is 3.26. The molecule has 1 aromatic heterocycles. The number of amides is 1. The first-order valence-electron chi connectivity index (χ1n) is 6.35. The van der Waals surface area contributed by atoms with E-state index < -0.39 is 12.1 Å². The van der Waals surface area contributed by atoms with Gasteiger partial charge in [0.05, 0.1) is 5.92 Å².